The highest BCUT2D eigenvalue weighted by atomic mass is 32.2. The molecule has 0 aliphatic carbocycles. The van der Waals surface area contributed by atoms with Gasteiger partial charge in [0.2, 0.25) is 5.91 Å². The summed E-state index contributed by atoms with van der Waals surface area (Å²) in [6.45, 7) is 0. The molecule has 2 N–H and O–H groups in total. The first kappa shape index (κ1) is 16.4. The van der Waals surface area contributed by atoms with Gasteiger partial charge in [0.15, 0.2) is 0 Å². The largest absolute Gasteiger partial charge is 0.497 e. The van der Waals surface area contributed by atoms with Crippen molar-refractivity contribution in [2.45, 2.75) is 18.9 Å². The lowest BCUT2D eigenvalue weighted by molar-refractivity contribution is -0.141. The van der Waals surface area contributed by atoms with Crippen LogP contribution < -0.4 is 10.1 Å². The molecule has 0 bridgehead atoms. The fraction of sp³-hybridized carbons (Fsp3) is 0.429. The standard InChI is InChI=1S/C14H19NO4S/c1-19-11-5-3-4-10(8-11)9-13(16)15-12(14(17)18)6-7-20-2/h3-5,8,12H,6-7,9H2,1-2H3,(H,15,16)(H,17,18)/t12-/m1/s1. The molecule has 0 aromatic heterocycles. The van der Waals surface area contributed by atoms with Crippen LogP contribution >= 0.6 is 11.8 Å². The smallest absolute Gasteiger partial charge is 0.326 e. The monoisotopic (exact) mass is 297 g/mol. The predicted molar refractivity (Wildman–Crippen MR) is 79.3 cm³/mol. The van der Waals surface area contributed by atoms with Gasteiger partial charge in [-0.3, -0.25) is 4.79 Å². The van der Waals surface area contributed by atoms with Crippen LogP contribution in [0, 0.1) is 0 Å². The number of benzene rings is 1. The zero-order valence-corrected chi connectivity index (χ0v) is 12.4. The van der Waals surface area contributed by atoms with E-state index in [0.29, 0.717) is 17.9 Å². The van der Waals surface area contributed by atoms with Gasteiger partial charge >= 0.3 is 5.97 Å². The van der Waals surface area contributed by atoms with Gasteiger partial charge in [-0.15, -0.1) is 0 Å². The average Bonchev–Trinajstić information content (AvgIpc) is 2.43. The number of carbonyl (C=O) groups excluding carboxylic acids is 1. The van der Waals surface area contributed by atoms with Gasteiger partial charge in [0.05, 0.1) is 13.5 Å². The third-order valence-electron chi connectivity index (χ3n) is 2.74. The molecule has 1 aromatic carbocycles. The summed E-state index contributed by atoms with van der Waals surface area (Å²) >= 11 is 1.55. The Kier molecular flexibility index (Phi) is 6.93. The molecule has 1 atom stereocenters. The van der Waals surface area contributed by atoms with Crippen molar-refractivity contribution < 1.29 is 19.4 Å². The molecule has 0 saturated carbocycles. The molecular formula is C14H19NO4S. The van der Waals surface area contributed by atoms with Gasteiger partial charge in [-0.05, 0) is 36.1 Å². The second-order valence-electron chi connectivity index (χ2n) is 4.27. The summed E-state index contributed by atoms with van der Waals surface area (Å²) in [6, 6.07) is 6.32. The maximum Gasteiger partial charge on any atom is 0.326 e. The van der Waals surface area contributed by atoms with E-state index in [-0.39, 0.29) is 12.3 Å². The van der Waals surface area contributed by atoms with Crippen LogP contribution in [0.25, 0.3) is 0 Å². The van der Waals surface area contributed by atoms with Gasteiger partial charge in [0, 0.05) is 0 Å². The number of thioether (sulfide) groups is 1. The minimum atomic E-state index is -1.00. The van der Waals surface area contributed by atoms with Crippen LogP contribution in [0.2, 0.25) is 0 Å². The Morgan fingerprint density at radius 2 is 2.20 bits per heavy atom. The van der Waals surface area contributed by atoms with E-state index < -0.39 is 12.0 Å². The van der Waals surface area contributed by atoms with E-state index in [0.717, 1.165) is 5.56 Å². The molecular weight excluding hydrogens is 278 g/mol. The fourth-order valence-electron chi connectivity index (χ4n) is 1.71. The van der Waals surface area contributed by atoms with Crippen molar-refractivity contribution >= 4 is 23.6 Å². The third kappa shape index (κ3) is 5.52. The number of hydrogen-bond acceptors (Lipinski definition) is 4. The molecule has 20 heavy (non-hydrogen) atoms. The van der Waals surface area contributed by atoms with Crippen LogP contribution in [-0.4, -0.2) is 42.1 Å². The lowest BCUT2D eigenvalue weighted by atomic mass is 10.1. The summed E-state index contributed by atoms with van der Waals surface area (Å²) in [6.07, 6.45) is 2.46. The zero-order valence-electron chi connectivity index (χ0n) is 11.6. The van der Waals surface area contributed by atoms with Crippen molar-refractivity contribution in [3.8, 4) is 5.75 Å². The second-order valence-corrected chi connectivity index (χ2v) is 5.25. The second kappa shape index (κ2) is 8.47. The number of nitrogens with one attached hydrogen (secondary N) is 1. The Labute approximate surface area is 122 Å². The lowest BCUT2D eigenvalue weighted by Gasteiger charge is -2.14. The minimum Gasteiger partial charge on any atom is -0.497 e. The van der Waals surface area contributed by atoms with Crippen molar-refractivity contribution in [1.82, 2.24) is 5.32 Å². The van der Waals surface area contributed by atoms with E-state index in [1.54, 1.807) is 43.1 Å². The van der Waals surface area contributed by atoms with Gasteiger partial charge in [-0.2, -0.15) is 11.8 Å². The number of amides is 1. The van der Waals surface area contributed by atoms with Gasteiger partial charge in [-0.1, -0.05) is 12.1 Å². The molecule has 0 heterocycles. The number of hydrogen-bond donors (Lipinski definition) is 2. The molecule has 0 spiro atoms. The maximum absolute atomic E-state index is 11.9. The van der Waals surface area contributed by atoms with E-state index in [9.17, 15) is 9.59 Å². The van der Waals surface area contributed by atoms with E-state index in [2.05, 4.69) is 5.32 Å². The highest BCUT2D eigenvalue weighted by Gasteiger charge is 2.19. The van der Waals surface area contributed by atoms with Gasteiger partial charge < -0.3 is 15.2 Å². The molecule has 6 heteroatoms. The summed E-state index contributed by atoms with van der Waals surface area (Å²) in [4.78, 5) is 22.9. The number of aliphatic carboxylic acids is 1. The van der Waals surface area contributed by atoms with Crippen LogP contribution in [0.15, 0.2) is 24.3 Å². The lowest BCUT2D eigenvalue weighted by Crippen LogP contribution is -2.41. The summed E-state index contributed by atoms with van der Waals surface area (Å²) < 4.78 is 5.08. The number of methoxy groups -OCH3 is 1. The fourth-order valence-corrected chi connectivity index (χ4v) is 2.18. The molecule has 0 radical (unpaired) electrons. The van der Waals surface area contributed by atoms with Gasteiger partial charge in [0.1, 0.15) is 11.8 Å². The Morgan fingerprint density at radius 1 is 1.45 bits per heavy atom. The van der Waals surface area contributed by atoms with E-state index in [1.807, 2.05) is 6.26 Å². The number of carboxylic acids is 1. The van der Waals surface area contributed by atoms with Crippen LogP contribution in [0.4, 0.5) is 0 Å². The van der Waals surface area contributed by atoms with Crippen LogP contribution in [0.1, 0.15) is 12.0 Å². The number of carboxylic acid groups (broad SMARTS) is 1. The SMILES string of the molecule is COc1cccc(CC(=O)N[C@H](CCSC)C(=O)O)c1. The van der Waals surface area contributed by atoms with Gasteiger partial charge in [-0.25, -0.2) is 4.79 Å². The van der Waals surface area contributed by atoms with Crippen molar-refractivity contribution in [3.05, 3.63) is 29.8 Å². The normalized spacial score (nSPS) is 11.7. The number of rotatable bonds is 8. The topological polar surface area (TPSA) is 75.6 Å². The van der Waals surface area contributed by atoms with E-state index in [4.69, 9.17) is 9.84 Å². The van der Waals surface area contributed by atoms with Crippen LogP contribution in [0.5, 0.6) is 5.75 Å². The summed E-state index contributed by atoms with van der Waals surface area (Å²) in [5.41, 5.74) is 0.788. The van der Waals surface area contributed by atoms with Crippen molar-refractivity contribution in [2.24, 2.45) is 0 Å². The average molecular weight is 297 g/mol. The number of carbonyl (C=O) groups is 2. The molecule has 110 valence electrons. The van der Waals surface area contributed by atoms with Crippen molar-refractivity contribution in [1.29, 1.82) is 0 Å². The Hall–Kier alpha value is -1.69. The first-order chi connectivity index (χ1) is 9.56. The molecule has 1 amide bonds. The Bertz CT molecular complexity index is 464. The maximum atomic E-state index is 11.9. The first-order valence-corrected chi connectivity index (χ1v) is 7.60. The third-order valence-corrected chi connectivity index (χ3v) is 3.39. The zero-order chi connectivity index (χ0) is 15.0. The predicted octanol–water partition coefficient (Wildman–Crippen LogP) is 1.56. The highest BCUT2D eigenvalue weighted by molar-refractivity contribution is 7.98. The Balaban J connectivity index is 2.58. The van der Waals surface area contributed by atoms with Crippen molar-refractivity contribution in [2.75, 3.05) is 19.1 Å². The van der Waals surface area contributed by atoms with Crippen LogP contribution in [0.3, 0.4) is 0 Å². The Morgan fingerprint density at radius 3 is 2.80 bits per heavy atom. The molecule has 0 aliphatic rings. The molecule has 0 saturated heterocycles. The molecule has 0 fully saturated rings. The molecule has 1 rings (SSSR count). The summed E-state index contributed by atoms with van der Waals surface area (Å²) in [5.74, 6) is 0.0633. The van der Waals surface area contributed by atoms with E-state index >= 15 is 0 Å². The van der Waals surface area contributed by atoms with Crippen molar-refractivity contribution in [3.63, 3.8) is 0 Å². The number of ether oxygens (including phenoxy) is 1. The molecule has 0 aliphatic heterocycles. The highest BCUT2D eigenvalue weighted by Crippen LogP contribution is 2.13. The van der Waals surface area contributed by atoms with E-state index in [1.165, 1.54) is 0 Å². The minimum absolute atomic E-state index is 0.139. The first-order valence-electron chi connectivity index (χ1n) is 6.21. The molecule has 0 unspecified atom stereocenters. The molecule has 1 aromatic rings. The quantitative estimate of drug-likeness (QED) is 0.761. The molecule has 5 nitrogen and oxygen atoms in total. The summed E-state index contributed by atoms with van der Waals surface area (Å²) in [5, 5.41) is 11.6. The summed E-state index contributed by atoms with van der Waals surface area (Å²) in [7, 11) is 1.56. The van der Waals surface area contributed by atoms with Gasteiger partial charge in [0.25, 0.3) is 0 Å². The van der Waals surface area contributed by atoms with Crippen LogP contribution in [-0.2, 0) is 16.0 Å².